The van der Waals surface area contributed by atoms with E-state index in [0.717, 1.165) is 38.5 Å². The third-order valence-corrected chi connectivity index (χ3v) is 10.8. The number of amides is 2. The quantitative estimate of drug-likeness (QED) is 0.409. The molecule has 0 unspecified atom stereocenters. The van der Waals surface area contributed by atoms with Gasteiger partial charge in [0.2, 0.25) is 11.8 Å². The van der Waals surface area contributed by atoms with Gasteiger partial charge in [-0.05, 0) is 68.4 Å². The maximum atomic E-state index is 16.0. The minimum Gasteiger partial charge on any atom is -0.497 e. The molecule has 2 amide bonds. The van der Waals surface area contributed by atoms with Crippen molar-refractivity contribution in [3.05, 3.63) is 23.9 Å². The number of nitrogens with zero attached hydrogens (tertiary/aromatic N) is 3. The van der Waals surface area contributed by atoms with E-state index in [0.29, 0.717) is 36.8 Å². The molecule has 46 heavy (non-hydrogen) atoms. The number of ether oxygens (including phenoxy) is 3. The number of aromatic nitrogens is 2. The van der Waals surface area contributed by atoms with E-state index in [9.17, 15) is 14.4 Å². The Morgan fingerprint density at radius 3 is 2.46 bits per heavy atom. The SMILES string of the molecule is COc1ccc2nc3c(nc2c1)O[C@H]1CN(C(=O)[C@H](C2(C)CCCC2)NC(=O)O[C@@H]2CCC[C@H]2CCCCC3(F)F)[C@H](C=O)[C@@H]1C. The van der Waals surface area contributed by atoms with E-state index in [4.69, 9.17) is 14.2 Å². The van der Waals surface area contributed by atoms with Gasteiger partial charge in [0, 0.05) is 18.4 Å². The lowest BCUT2D eigenvalue weighted by molar-refractivity contribution is -0.140. The first-order valence-electron chi connectivity index (χ1n) is 16.7. The van der Waals surface area contributed by atoms with Gasteiger partial charge in [-0.2, -0.15) is 8.78 Å². The summed E-state index contributed by atoms with van der Waals surface area (Å²) >= 11 is 0. The summed E-state index contributed by atoms with van der Waals surface area (Å²) in [6.07, 6.45) is 5.57. The Balaban J connectivity index is 1.40. The summed E-state index contributed by atoms with van der Waals surface area (Å²) in [7, 11) is 1.50. The number of alkyl carbamates (subject to hydrolysis) is 1. The molecule has 1 saturated heterocycles. The molecule has 2 bridgehead atoms. The van der Waals surface area contributed by atoms with Gasteiger partial charge < -0.3 is 29.2 Å². The van der Waals surface area contributed by atoms with Crippen LogP contribution in [0, 0.1) is 17.3 Å². The molecule has 2 saturated carbocycles. The van der Waals surface area contributed by atoms with Crippen LogP contribution in [0.3, 0.4) is 0 Å². The summed E-state index contributed by atoms with van der Waals surface area (Å²) in [6.45, 7) is 3.70. The van der Waals surface area contributed by atoms with Crippen LogP contribution in [0.1, 0.15) is 90.2 Å². The first kappa shape index (κ1) is 32.4. The van der Waals surface area contributed by atoms with Crippen molar-refractivity contribution in [3.63, 3.8) is 0 Å². The number of rotatable bonds is 3. The fourth-order valence-corrected chi connectivity index (χ4v) is 7.99. The lowest BCUT2D eigenvalue weighted by Gasteiger charge is -2.37. The molecule has 6 atom stereocenters. The number of hydrogen-bond donors (Lipinski definition) is 1. The molecule has 2 aliphatic carbocycles. The molecule has 4 aliphatic rings. The van der Waals surface area contributed by atoms with Crippen molar-refractivity contribution in [2.45, 2.75) is 115 Å². The number of fused-ring (bicyclic) bond motifs is 5. The topological polar surface area (TPSA) is 120 Å². The van der Waals surface area contributed by atoms with Crippen LogP contribution < -0.4 is 14.8 Å². The number of benzene rings is 1. The molecule has 3 heterocycles. The monoisotopic (exact) mass is 642 g/mol. The van der Waals surface area contributed by atoms with Gasteiger partial charge in [0.1, 0.15) is 30.3 Å². The van der Waals surface area contributed by atoms with Crippen LogP contribution >= 0.6 is 0 Å². The van der Waals surface area contributed by atoms with Crippen LogP contribution in [-0.2, 0) is 20.2 Å². The van der Waals surface area contributed by atoms with Crippen LogP contribution in [0.25, 0.3) is 11.0 Å². The molecule has 3 fully saturated rings. The first-order chi connectivity index (χ1) is 22.0. The Labute approximate surface area is 267 Å². The Morgan fingerprint density at radius 1 is 0.978 bits per heavy atom. The van der Waals surface area contributed by atoms with Crippen molar-refractivity contribution >= 4 is 29.3 Å². The van der Waals surface area contributed by atoms with Gasteiger partial charge in [-0.25, -0.2) is 14.8 Å². The van der Waals surface area contributed by atoms with E-state index in [-0.39, 0.29) is 36.4 Å². The second-order valence-corrected chi connectivity index (χ2v) is 13.9. The van der Waals surface area contributed by atoms with E-state index >= 15 is 8.78 Å². The standard InChI is InChI=1S/C34H44F2N4O6/c1-20-25(19-41)40-18-27(20)45-30-28(37-23-13-12-22(44-3)17-24(23)38-30)34(35,36)16-5-4-9-21-10-8-11-26(21)46-32(43)39-29(31(40)42)33(2)14-6-7-15-33/h12-13,17,19-21,25-27,29H,4-11,14-16,18H2,1-3H3,(H,39,43)/t20-,21+,25+,26+,27-,29+/m0/s1. The average Bonchev–Trinajstić information content (AvgIpc) is 3.76. The van der Waals surface area contributed by atoms with Crippen LogP contribution in [0.5, 0.6) is 11.6 Å². The fraction of sp³-hybridized carbons (Fsp3) is 0.676. The smallest absolute Gasteiger partial charge is 0.408 e. The normalized spacial score (nSPS) is 31.5. The summed E-state index contributed by atoms with van der Waals surface area (Å²) in [5, 5.41) is 2.92. The highest BCUT2D eigenvalue weighted by atomic mass is 19.3. The largest absolute Gasteiger partial charge is 0.497 e. The molecule has 1 aromatic carbocycles. The molecular formula is C34H44F2N4O6. The zero-order valence-corrected chi connectivity index (χ0v) is 26.8. The van der Waals surface area contributed by atoms with Crippen LogP contribution in [0.4, 0.5) is 13.6 Å². The Hall–Kier alpha value is -3.57. The second kappa shape index (κ2) is 12.9. The predicted molar refractivity (Wildman–Crippen MR) is 165 cm³/mol. The highest BCUT2D eigenvalue weighted by molar-refractivity contribution is 5.89. The molecule has 250 valence electrons. The maximum Gasteiger partial charge on any atom is 0.408 e. The molecular weight excluding hydrogens is 598 g/mol. The molecule has 6 rings (SSSR count). The fourth-order valence-electron chi connectivity index (χ4n) is 7.99. The number of hydrogen-bond acceptors (Lipinski definition) is 8. The maximum absolute atomic E-state index is 16.0. The Kier molecular flexibility index (Phi) is 9.08. The summed E-state index contributed by atoms with van der Waals surface area (Å²) in [6, 6.07) is 3.03. The second-order valence-electron chi connectivity index (χ2n) is 13.9. The van der Waals surface area contributed by atoms with Gasteiger partial charge in [0.15, 0.2) is 5.69 Å². The summed E-state index contributed by atoms with van der Waals surface area (Å²) in [4.78, 5) is 50.5. The van der Waals surface area contributed by atoms with E-state index in [1.807, 2.05) is 6.92 Å². The number of methoxy groups -OCH3 is 1. The zero-order chi connectivity index (χ0) is 32.6. The molecule has 1 N–H and O–H groups in total. The molecule has 10 nitrogen and oxygen atoms in total. The van der Waals surface area contributed by atoms with Gasteiger partial charge in [-0.1, -0.05) is 33.1 Å². The minimum absolute atomic E-state index is 0.0414. The summed E-state index contributed by atoms with van der Waals surface area (Å²) < 4.78 is 49.5. The first-order valence-corrected chi connectivity index (χ1v) is 16.7. The Bertz CT molecular complexity index is 1470. The summed E-state index contributed by atoms with van der Waals surface area (Å²) in [5.74, 6) is -4.07. The van der Waals surface area contributed by atoms with Gasteiger partial charge in [-0.15, -0.1) is 0 Å². The van der Waals surface area contributed by atoms with Gasteiger partial charge in [0.25, 0.3) is 5.92 Å². The van der Waals surface area contributed by atoms with Crippen molar-refractivity contribution in [1.29, 1.82) is 0 Å². The van der Waals surface area contributed by atoms with E-state index in [2.05, 4.69) is 15.3 Å². The highest BCUT2D eigenvalue weighted by Gasteiger charge is 2.51. The molecule has 2 aromatic rings. The van der Waals surface area contributed by atoms with Crippen molar-refractivity contribution < 1.29 is 37.4 Å². The van der Waals surface area contributed by atoms with E-state index in [1.165, 1.54) is 12.0 Å². The molecule has 2 aliphatic heterocycles. The van der Waals surface area contributed by atoms with Gasteiger partial charge in [0.05, 0.1) is 30.7 Å². The highest BCUT2D eigenvalue weighted by Crippen LogP contribution is 2.44. The Morgan fingerprint density at radius 2 is 1.72 bits per heavy atom. The number of nitrogens with one attached hydrogen (secondary N) is 1. The lowest BCUT2D eigenvalue weighted by atomic mass is 9.79. The predicted octanol–water partition coefficient (Wildman–Crippen LogP) is 5.94. The van der Waals surface area contributed by atoms with Crippen molar-refractivity contribution in [1.82, 2.24) is 20.2 Å². The van der Waals surface area contributed by atoms with E-state index in [1.54, 1.807) is 25.1 Å². The van der Waals surface area contributed by atoms with Crippen LogP contribution in [0.15, 0.2) is 18.2 Å². The van der Waals surface area contributed by atoms with Crippen molar-refractivity contribution in [3.8, 4) is 11.6 Å². The third kappa shape index (κ3) is 6.23. The molecule has 0 spiro atoms. The zero-order valence-electron chi connectivity index (χ0n) is 26.8. The van der Waals surface area contributed by atoms with Crippen molar-refractivity contribution in [2.75, 3.05) is 13.7 Å². The van der Waals surface area contributed by atoms with Crippen LogP contribution in [0.2, 0.25) is 0 Å². The van der Waals surface area contributed by atoms with Crippen LogP contribution in [-0.4, -0.2) is 71.1 Å². The molecule has 12 heteroatoms. The average molecular weight is 643 g/mol. The lowest BCUT2D eigenvalue weighted by Crippen LogP contribution is -2.57. The minimum atomic E-state index is -3.35. The van der Waals surface area contributed by atoms with E-state index < -0.39 is 59.6 Å². The molecule has 0 radical (unpaired) electrons. The number of alkyl halides is 2. The van der Waals surface area contributed by atoms with Gasteiger partial charge in [-0.3, -0.25) is 4.79 Å². The summed E-state index contributed by atoms with van der Waals surface area (Å²) in [5.41, 5.74) is -0.483. The third-order valence-electron chi connectivity index (χ3n) is 10.8. The number of carbonyl (C=O) groups excluding carboxylic acids is 3. The van der Waals surface area contributed by atoms with Crippen molar-refractivity contribution in [2.24, 2.45) is 17.3 Å². The number of halogens is 2. The molecule has 1 aromatic heterocycles. The number of aldehydes is 1. The number of carbonyl (C=O) groups is 3. The van der Waals surface area contributed by atoms with Gasteiger partial charge >= 0.3 is 6.09 Å².